The number of nitrogens with zero attached hydrogens (tertiary/aromatic N) is 8. The summed E-state index contributed by atoms with van der Waals surface area (Å²) in [6, 6.07) is 19.6. The highest BCUT2D eigenvalue weighted by atomic mass is 16.8. The number of nitrogens with one attached hydrogen (secondary N) is 1. The zero-order valence-electron chi connectivity index (χ0n) is 32.8. The second-order valence-corrected chi connectivity index (χ2v) is 15.9. The fourth-order valence-corrected chi connectivity index (χ4v) is 5.28. The normalized spacial score (nSPS) is 20.0. The van der Waals surface area contributed by atoms with Gasteiger partial charge in [0.15, 0.2) is 0 Å². The van der Waals surface area contributed by atoms with Crippen LogP contribution in [0.3, 0.4) is 0 Å². The van der Waals surface area contributed by atoms with Gasteiger partial charge in [-0.25, -0.2) is 14.4 Å². The Morgan fingerprint density at radius 3 is 1.52 bits per heavy atom. The molecule has 17 nitrogen and oxygen atoms in total. The maximum absolute atomic E-state index is 11.9. The smallest absolute Gasteiger partial charge is 0.444 e. The van der Waals surface area contributed by atoms with E-state index in [1.54, 1.807) is 41.5 Å². The predicted molar refractivity (Wildman–Crippen MR) is 204 cm³/mol. The molecule has 296 valence electrons. The zero-order chi connectivity index (χ0) is 40.5. The van der Waals surface area contributed by atoms with E-state index < -0.39 is 35.2 Å². The number of nitrogens with two attached hydrogens (primary N) is 1. The van der Waals surface area contributed by atoms with Gasteiger partial charge in [-0.2, -0.15) is 0 Å². The fraction of sp³-hybridized carbons (Fsp3) is 0.595. The van der Waals surface area contributed by atoms with Gasteiger partial charge in [0.1, 0.15) is 16.8 Å². The maximum Gasteiger partial charge on any atom is 0.519 e. The van der Waals surface area contributed by atoms with Gasteiger partial charge in [-0.05, 0) is 84.5 Å². The molecule has 1 amide bonds. The number of hydrogen-bond donors (Lipinski definition) is 2. The third kappa shape index (κ3) is 19.1. The van der Waals surface area contributed by atoms with Crippen molar-refractivity contribution in [2.24, 2.45) is 16.0 Å². The van der Waals surface area contributed by atoms with Crippen LogP contribution < -0.4 is 11.1 Å². The van der Waals surface area contributed by atoms with E-state index in [9.17, 15) is 14.4 Å². The van der Waals surface area contributed by atoms with Gasteiger partial charge in [0.05, 0.1) is 18.1 Å². The minimum absolute atomic E-state index is 0.0420. The maximum atomic E-state index is 11.9. The zero-order valence-corrected chi connectivity index (χ0v) is 32.8. The minimum atomic E-state index is -1.06. The summed E-state index contributed by atoms with van der Waals surface area (Å²) < 4.78 is 19.1. The Labute approximate surface area is 317 Å². The third-order valence-electron chi connectivity index (χ3n) is 7.32. The molecule has 0 bridgehead atoms. The van der Waals surface area contributed by atoms with Crippen LogP contribution in [0.2, 0.25) is 0 Å². The van der Waals surface area contributed by atoms with Gasteiger partial charge in [-0.15, -0.1) is 0 Å². The van der Waals surface area contributed by atoms with Gasteiger partial charge in [0.25, 0.3) is 0 Å². The largest absolute Gasteiger partial charge is 0.519 e. The van der Waals surface area contributed by atoms with Crippen LogP contribution in [0.25, 0.3) is 20.9 Å². The molecule has 0 aliphatic carbocycles. The molecule has 2 aromatic rings. The first-order chi connectivity index (χ1) is 25.2. The molecule has 17 heteroatoms. The quantitative estimate of drug-likeness (QED) is 0.0708. The summed E-state index contributed by atoms with van der Waals surface area (Å²) in [5.74, 6) is 0. The van der Waals surface area contributed by atoms with E-state index in [1.807, 2.05) is 57.2 Å². The molecule has 2 aliphatic rings. The summed E-state index contributed by atoms with van der Waals surface area (Å²) >= 11 is 0. The molecular formula is C37H56N10O7. The van der Waals surface area contributed by atoms with Crippen LogP contribution in [0.4, 0.5) is 14.4 Å². The molecule has 0 spiro atoms. The second kappa shape index (κ2) is 21.0. The Hall–Kier alpha value is -5.05. The van der Waals surface area contributed by atoms with E-state index in [4.69, 9.17) is 31.0 Å². The van der Waals surface area contributed by atoms with Crippen LogP contribution in [0.15, 0.2) is 70.9 Å². The van der Waals surface area contributed by atoms with Crippen molar-refractivity contribution in [3.8, 4) is 0 Å². The molecule has 4 rings (SSSR count). The molecule has 3 N–H and O–H groups in total. The average Bonchev–Trinajstić information content (AvgIpc) is 3.56. The number of alkyl carbamates (subject to hydrolysis) is 1. The van der Waals surface area contributed by atoms with Crippen LogP contribution in [0, 0.1) is 0 Å². The number of carbonyl (C=O) groups excluding carboxylic acids is 3. The molecule has 0 radical (unpaired) electrons. The van der Waals surface area contributed by atoms with Crippen molar-refractivity contribution in [3.63, 3.8) is 0 Å². The molecule has 0 aromatic heterocycles. The Kier molecular flexibility index (Phi) is 17.5. The van der Waals surface area contributed by atoms with E-state index in [-0.39, 0.29) is 24.2 Å². The molecule has 0 unspecified atom stereocenters. The number of carbonyl (C=O) groups is 3. The minimum Gasteiger partial charge on any atom is -0.444 e. The highest BCUT2D eigenvalue weighted by Crippen LogP contribution is 2.19. The van der Waals surface area contributed by atoms with Gasteiger partial charge in [-0.3, -0.25) is 9.80 Å². The van der Waals surface area contributed by atoms with Gasteiger partial charge in [-0.1, -0.05) is 70.9 Å². The third-order valence-corrected chi connectivity index (χ3v) is 7.32. The standard InChI is InChI=1S/C16H23N5O2.C11H15N5.C10H18O5/c1-16(2,3)23-15(22)18-13-10-21(11-14(13)19-20-17)9-12-7-5-4-6-8-12;12-10-7-16(8-11(10)14-15-13)6-9-4-2-1-3-5-9;1-9(2,3)14-7(11)13-8(12)15-10(4,5)6/h4-8,13-14H,9-11H2,1-3H3,(H,18,22);1-5,10-11H,6-8,12H2;1-6H3/t13-,14-;10-,11-;/m11./s1. The van der Waals surface area contributed by atoms with E-state index >= 15 is 0 Å². The van der Waals surface area contributed by atoms with E-state index in [0.717, 1.165) is 26.2 Å². The highest BCUT2D eigenvalue weighted by Gasteiger charge is 2.34. The Morgan fingerprint density at radius 1 is 0.685 bits per heavy atom. The Balaban J connectivity index is 0.000000290. The summed E-state index contributed by atoms with van der Waals surface area (Å²) in [7, 11) is 0. The van der Waals surface area contributed by atoms with Crippen LogP contribution in [0.1, 0.15) is 73.4 Å². The summed E-state index contributed by atoms with van der Waals surface area (Å²) in [5, 5.41) is 10.3. The second-order valence-electron chi connectivity index (χ2n) is 15.9. The number of hydrogen-bond acceptors (Lipinski definition) is 12. The van der Waals surface area contributed by atoms with Gasteiger partial charge in [0, 0.05) is 55.1 Å². The lowest BCUT2D eigenvalue weighted by Crippen LogP contribution is -2.44. The number of azide groups is 2. The van der Waals surface area contributed by atoms with Crippen molar-refractivity contribution >= 4 is 18.4 Å². The fourth-order valence-electron chi connectivity index (χ4n) is 5.28. The van der Waals surface area contributed by atoms with Gasteiger partial charge >= 0.3 is 18.4 Å². The Morgan fingerprint density at radius 2 is 1.09 bits per heavy atom. The number of rotatable bonds is 7. The molecular weight excluding hydrogens is 696 g/mol. The van der Waals surface area contributed by atoms with Crippen molar-refractivity contribution < 1.29 is 33.3 Å². The summed E-state index contributed by atoms with van der Waals surface area (Å²) in [6.07, 6.45) is -2.60. The van der Waals surface area contributed by atoms with Crippen molar-refractivity contribution in [1.29, 1.82) is 0 Å². The summed E-state index contributed by atoms with van der Waals surface area (Å²) in [5.41, 5.74) is 23.5. The molecule has 4 atom stereocenters. The summed E-state index contributed by atoms with van der Waals surface area (Å²) in [6.45, 7) is 19.9. The SMILES string of the molecule is CC(C)(C)OC(=O)N[C@@H]1CN(Cc2ccccc2)C[C@H]1N=[N+]=[N-].CC(C)(C)OC(=O)OC(=O)OC(C)(C)C.[N-]=[N+]=N[C@@H]1CN(Cc2ccccc2)C[C@H]1N. The first-order valence-corrected chi connectivity index (χ1v) is 17.7. The topological polar surface area (TPSA) is 230 Å². The van der Waals surface area contributed by atoms with Crippen molar-refractivity contribution in [3.05, 3.63) is 92.7 Å². The average molecular weight is 753 g/mol. The van der Waals surface area contributed by atoms with Crippen LogP contribution in [0.5, 0.6) is 0 Å². The molecule has 2 aromatic carbocycles. The van der Waals surface area contributed by atoms with Gasteiger partial charge < -0.3 is 30.0 Å². The molecule has 2 saturated heterocycles. The van der Waals surface area contributed by atoms with Crippen molar-refractivity contribution in [1.82, 2.24) is 15.1 Å². The summed E-state index contributed by atoms with van der Waals surface area (Å²) in [4.78, 5) is 44.1. The first kappa shape index (κ1) is 45.1. The van der Waals surface area contributed by atoms with Gasteiger partial charge in [0.2, 0.25) is 0 Å². The van der Waals surface area contributed by atoms with Crippen LogP contribution in [-0.2, 0) is 32.0 Å². The van der Waals surface area contributed by atoms with Crippen molar-refractivity contribution in [2.75, 3.05) is 26.2 Å². The van der Waals surface area contributed by atoms with E-state index in [1.165, 1.54) is 11.1 Å². The number of likely N-dealkylation sites (tertiary alicyclic amines) is 2. The Bertz CT molecular complexity index is 1550. The lowest BCUT2D eigenvalue weighted by Gasteiger charge is -2.23. The van der Waals surface area contributed by atoms with Crippen LogP contribution >= 0.6 is 0 Å². The molecule has 2 aliphatic heterocycles. The molecule has 54 heavy (non-hydrogen) atoms. The van der Waals surface area contributed by atoms with Crippen LogP contribution in [-0.4, -0.2) is 95.4 Å². The van der Waals surface area contributed by atoms with Crippen molar-refractivity contribution in [2.45, 2.75) is 116 Å². The highest BCUT2D eigenvalue weighted by molar-refractivity contribution is 5.77. The monoisotopic (exact) mass is 752 g/mol. The molecule has 2 fully saturated rings. The number of ether oxygens (including phenoxy) is 4. The predicted octanol–water partition coefficient (Wildman–Crippen LogP) is 7.46. The lowest BCUT2D eigenvalue weighted by molar-refractivity contribution is -0.0294. The molecule has 0 saturated carbocycles. The first-order valence-electron chi connectivity index (χ1n) is 17.7. The number of amides is 1. The molecule has 2 heterocycles. The number of benzene rings is 2. The lowest BCUT2D eigenvalue weighted by atomic mass is 10.2. The van der Waals surface area contributed by atoms with E-state index in [2.05, 4.69) is 64.2 Å². The van der Waals surface area contributed by atoms with E-state index in [0.29, 0.717) is 13.1 Å².